The van der Waals surface area contributed by atoms with Gasteiger partial charge in [0, 0.05) is 12.6 Å². The van der Waals surface area contributed by atoms with E-state index in [1.807, 2.05) is 37.4 Å². The van der Waals surface area contributed by atoms with Crippen molar-refractivity contribution in [1.82, 2.24) is 9.97 Å². The van der Waals surface area contributed by atoms with E-state index in [2.05, 4.69) is 34.4 Å². The standard InChI is InChI=1S/C16H22N4O/c1-12(2)14-15(17-3)19-11-20-16(14)18-9-10-21-13-7-5-4-6-8-13/h4-8,11-12H,9-10H2,1-3H3,(H2,17,18,19,20). The largest absolute Gasteiger partial charge is 0.492 e. The van der Waals surface area contributed by atoms with E-state index in [1.54, 1.807) is 6.33 Å². The van der Waals surface area contributed by atoms with Gasteiger partial charge >= 0.3 is 0 Å². The van der Waals surface area contributed by atoms with E-state index in [4.69, 9.17) is 4.74 Å². The first kappa shape index (κ1) is 15.1. The van der Waals surface area contributed by atoms with Gasteiger partial charge in [0.15, 0.2) is 0 Å². The zero-order valence-electron chi connectivity index (χ0n) is 12.8. The number of anilines is 2. The van der Waals surface area contributed by atoms with Gasteiger partial charge < -0.3 is 15.4 Å². The van der Waals surface area contributed by atoms with Crippen LogP contribution in [-0.2, 0) is 0 Å². The summed E-state index contributed by atoms with van der Waals surface area (Å²) in [6.45, 7) is 5.53. The average Bonchev–Trinajstić information content (AvgIpc) is 2.52. The van der Waals surface area contributed by atoms with Crippen LogP contribution in [0.2, 0.25) is 0 Å². The van der Waals surface area contributed by atoms with Crippen molar-refractivity contribution in [3.63, 3.8) is 0 Å². The molecule has 0 fully saturated rings. The molecule has 0 saturated heterocycles. The first-order chi connectivity index (χ1) is 10.2. The molecule has 0 bridgehead atoms. The fourth-order valence-electron chi connectivity index (χ4n) is 2.14. The summed E-state index contributed by atoms with van der Waals surface area (Å²) < 4.78 is 5.66. The normalized spacial score (nSPS) is 10.5. The van der Waals surface area contributed by atoms with Crippen molar-refractivity contribution in [3.8, 4) is 5.75 Å². The molecule has 0 spiro atoms. The summed E-state index contributed by atoms with van der Waals surface area (Å²) >= 11 is 0. The van der Waals surface area contributed by atoms with Crippen LogP contribution in [-0.4, -0.2) is 30.2 Å². The Morgan fingerprint density at radius 3 is 2.48 bits per heavy atom. The Morgan fingerprint density at radius 1 is 1.10 bits per heavy atom. The molecular weight excluding hydrogens is 264 g/mol. The number of hydrogen-bond donors (Lipinski definition) is 2. The first-order valence-electron chi connectivity index (χ1n) is 7.16. The fraction of sp³-hybridized carbons (Fsp3) is 0.375. The Hall–Kier alpha value is -2.30. The zero-order chi connectivity index (χ0) is 15.1. The molecule has 0 amide bonds. The van der Waals surface area contributed by atoms with Crippen molar-refractivity contribution in [2.75, 3.05) is 30.8 Å². The van der Waals surface area contributed by atoms with Gasteiger partial charge in [-0.05, 0) is 18.1 Å². The van der Waals surface area contributed by atoms with Crippen molar-refractivity contribution >= 4 is 11.6 Å². The Labute approximate surface area is 125 Å². The van der Waals surface area contributed by atoms with Gasteiger partial charge in [-0.1, -0.05) is 32.0 Å². The van der Waals surface area contributed by atoms with Crippen molar-refractivity contribution in [2.45, 2.75) is 19.8 Å². The van der Waals surface area contributed by atoms with Gasteiger partial charge in [0.25, 0.3) is 0 Å². The maximum atomic E-state index is 5.66. The van der Waals surface area contributed by atoms with Gasteiger partial charge in [-0.2, -0.15) is 0 Å². The fourth-order valence-corrected chi connectivity index (χ4v) is 2.14. The lowest BCUT2D eigenvalue weighted by atomic mass is 10.0. The molecule has 112 valence electrons. The van der Waals surface area contributed by atoms with Crippen LogP contribution in [0.15, 0.2) is 36.7 Å². The third-order valence-electron chi connectivity index (χ3n) is 3.10. The summed E-state index contributed by atoms with van der Waals surface area (Å²) in [6.07, 6.45) is 1.57. The molecule has 5 nitrogen and oxygen atoms in total. The van der Waals surface area contributed by atoms with E-state index in [0.29, 0.717) is 19.1 Å². The van der Waals surface area contributed by atoms with Crippen LogP contribution in [0.5, 0.6) is 5.75 Å². The number of ether oxygens (including phenoxy) is 1. The molecule has 5 heteroatoms. The second-order valence-corrected chi connectivity index (χ2v) is 4.98. The summed E-state index contributed by atoms with van der Waals surface area (Å²) in [5.41, 5.74) is 1.10. The molecular formula is C16H22N4O. The molecule has 0 aliphatic carbocycles. The molecule has 0 aliphatic rings. The van der Waals surface area contributed by atoms with Crippen LogP contribution in [0.25, 0.3) is 0 Å². The molecule has 2 aromatic rings. The Bertz CT molecular complexity index is 557. The molecule has 0 saturated carbocycles. The maximum absolute atomic E-state index is 5.66. The average molecular weight is 286 g/mol. The third kappa shape index (κ3) is 4.08. The lowest BCUT2D eigenvalue weighted by Crippen LogP contribution is -2.15. The van der Waals surface area contributed by atoms with Crippen molar-refractivity contribution in [1.29, 1.82) is 0 Å². The number of nitrogens with one attached hydrogen (secondary N) is 2. The molecule has 1 aromatic carbocycles. The molecule has 2 rings (SSSR count). The number of para-hydroxylation sites is 1. The molecule has 0 unspecified atom stereocenters. The van der Waals surface area contributed by atoms with Gasteiger partial charge in [-0.25, -0.2) is 9.97 Å². The Morgan fingerprint density at radius 2 is 1.81 bits per heavy atom. The predicted molar refractivity (Wildman–Crippen MR) is 86.1 cm³/mol. The van der Waals surface area contributed by atoms with Crippen LogP contribution in [0.1, 0.15) is 25.3 Å². The summed E-state index contributed by atoms with van der Waals surface area (Å²) in [5.74, 6) is 2.95. The maximum Gasteiger partial charge on any atom is 0.135 e. The molecule has 0 radical (unpaired) electrons. The van der Waals surface area contributed by atoms with Crippen molar-refractivity contribution < 1.29 is 4.74 Å². The zero-order valence-corrected chi connectivity index (χ0v) is 12.8. The van der Waals surface area contributed by atoms with E-state index in [1.165, 1.54) is 0 Å². The van der Waals surface area contributed by atoms with E-state index < -0.39 is 0 Å². The summed E-state index contributed by atoms with van der Waals surface area (Å²) in [5, 5.41) is 6.43. The first-order valence-corrected chi connectivity index (χ1v) is 7.16. The van der Waals surface area contributed by atoms with Crippen LogP contribution in [0, 0.1) is 0 Å². The number of hydrogen-bond acceptors (Lipinski definition) is 5. The van der Waals surface area contributed by atoms with E-state index >= 15 is 0 Å². The molecule has 1 heterocycles. The SMILES string of the molecule is CNc1ncnc(NCCOc2ccccc2)c1C(C)C. The number of nitrogens with zero attached hydrogens (tertiary/aromatic N) is 2. The highest BCUT2D eigenvalue weighted by Crippen LogP contribution is 2.27. The van der Waals surface area contributed by atoms with Gasteiger partial charge in [0.1, 0.15) is 30.3 Å². The van der Waals surface area contributed by atoms with E-state index in [9.17, 15) is 0 Å². The molecule has 1 aromatic heterocycles. The molecule has 0 atom stereocenters. The highest BCUT2D eigenvalue weighted by Gasteiger charge is 2.13. The van der Waals surface area contributed by atoms with Gasteiger partial charge in [0.05, 0.1) is 6.54 Å². The second kappa shape index (κ2) is 7.47. The summed E-state index contributed by atoms with van der Waals surface area (Å²) in [7, 11) is 1.87. The predicted octanol–water partition coefficient (Wildman–Crippen LogP) is 3.13. The lowest BCUT2D eigenvalue weighted by molar-refractivity contribution is 0.332. The monoisotopic (exact) mass is 286 g/mol. The molecule has 2 N–H and O–H groups in total. The van der Waals surface area contributed by atoms with E-state index in [-0.39, 0.29) is 0 Å². The third-order valence-corrected chi connectivity index (χ3v) is 3.10. The van der Waals surface area contributed by atoms with Crippen LogP contribution in [0.4, 0.5) is 11.6 Å². The topological polar surface area (TPSA) is 59.1 Å². The van der Waals surface area contributed by atoms with Crippen LogP contribution < -0.4 is 15.4 Å². The minimum Gasteiger partial charge on any atom is -0.492 e. The minimum absolute atomic E-state index is 0.339. The van der Waals surface area contributed by atoms with Crippen molar-refractivity contribution in [2.24, 2.45) is 0 Å². The highest BCUT2D eigenvalue weighted by molar-refractivity contribution is 5.58. The number of aromatic nitrogens is 2. The number of benzene rings is 1. The Kier molecular flexibility index (Phi) is 5.37. The van der Waals surface area contributed by atoms with Crippen molar-refractivity contribution in [3.05, 3.63) is 42.2 Å². The van der Waals surface area contributed by atoms with Gasteiger partial charge in [-0.15, -0.1) is 0 Å². The second-order valence-electron chi connectivity index (χ2n) is 4.98. The highest BCUT2D eigenvalue weighted by atomic mass is 16.5. The van der Waals surface area contributed by atoms with E-state index in [0.717, 1.165) is 22.9 Å². The molecule has 21 heavy (non-hydrogen) atoms. The van der Waals surface area contributed by atoms with Crippen LogP contribution in [0.3, 0.4) is 0 Å². The smallest absolute Gasteiger partial charge is 0.135 e. The Balaban J connectivity index is 1.94. The lowest BCUT2D eigenvalue weighted by Gasteiger charge is -2.16. The quantitative estimate of drug-likeness (QED) is 0.766. The number of rotatable bonds is 7. The van der Waals surface area contributed by atoms with Gasteiger partial charge in [-0.3, -0.25) is 0 Å². The summed E-state index contributed by atoms with van der Waals surface area (Å²) in [6, 6.07) is 9.79. The minimum atomic E-state index is 0.339. The van der Waals surface area contributed by atoms with Crippen LogP contribution >= 0.6 is 0 Å². The van der Waals surface area contributed by atoms with Gasteiger partial charge in [0.2, 0.25) is 0 Å². The molecule has 0 aliphatic heterocycles. The summed E-state index contributed by atoms with van der Waals surface area (Å²) in [4.78, 5) is 8.60.